The lowest BCUT2D eigenvalue weighted by molar-refractivity contribution is 0.0371. The average Bonchev–Trinajstić information content (AvgIpc) is 2.95. The molecule has 3 aromatic carbocycles. The van der Waals surface area contributed by atoms with E-state index in [1.54, 1.807) is 54.1 Å². The van der Waals surface area contributed by atoms with E-state index in [1.807, 2.05) is 55.5 Å². The summed E-state index contributed by atoms with van der Waals surface area (Å²) in [6, 6.07) is 21.9. The quantitative estimate of drug-likeness (QED) is 0.342. The highest BCUT2D eigenvalue weighted by Crippen LogP contribution is 2.31. The molecule has 0 aromatic heterocycles. The predicted octanol–water partition coefficient (Wildman–Crippen LogP) is 4.71. The van der Waals surface area contributed by atoms with Crippen molar-refractivity contribution >= 4 is 35.0 Å². The third kappa shape index (κ3) is 7.09. The molecular formula is C30H35N5O5. The number of rotatable bonds is 7. The van der Waals surface area contributed by atoms with E-state index in [0.717, 1.165) is 0 Å². The van der Waals surface area contributed by atoms with E-state index in [2.05, 4.69) is 16.0 Å². The third-order valence-electron chi connectivity index (χ3n) is 6.78. The van der Waals surface area contributed by atoms with Gasteiger partial charge in [-0.05, 0) is 49.4 Å². The molecular weight excluding hydrogens is 510 g/mol. The molecule has 0 saturated carbocycles. The molecule has 0 bridgehead atoms. The summed E-state index contributed by atoms with van der Waals surface area (Å²) in [7, 11) is 1.69. The number of aliphatic hydroxyl groups is 1. The van der Waals surface area contributed by atoms with Crippen molar-refractivity contribution in [2.24, 2.45) is 5.92 Å². The summed E-state index contributed by atoms with van der Waals surface area (Å²) in [5, 5.41) is 18.3. The molecule has 1 aliphatic heterocycles. The lowest BCUT2D eigenvalue weighted by Crippen LogP contribution is -2.50. The first-order valence-electron chi connectivity index (χ1n) is 13.2. The van der Waals surface area contributed by atoms with Crippen LogP contribution in [0.5, 0.6) is 5.75 Å². The van der Waals surface area contributed by atoms with Crippen LogP contribution in [0.2, 0.25) is 0 Å². The number of amides is 5. The minimum absolute atomic E-state index is 0.160. The van der Waals surface area contributed by atoms with Crippen LogP contribution in [0.15, 0.2) is 78.9 Å². The van der Waals surface area contributed by atoms with Crippen molar-refractivity contribution in [2.45, 2.75) is 26.0 Å². The number of ether oxygens (including phenoxy) is 1. The molecule has 40 heavy (non-hydrogen) atoms. The summed E-state index contributed by atoms with van der Waals surface area (Å²) >= 11 is 0. The van der Waals surface area contributed by atoms with E-state index in [9.17, 15) is 19.5 Å². The number of likely N-dealkylation sites (N-methyl/N-ethyl adjacent to an activating group) is 1. The van der Waals surface area contributed by atoms with Gasteiger partial charge in [0.15, 0.2) is 0 Å². The first kappa shape index (κ1) is 28.4. The van der Waals surface area contributed by atoms with E-state index in [-0.39, 0.29) is 36.6 Å². The minimum Gasteiger partial charge on any atom is -0.487 e. The van der Waals surface area contributed by atoms with Gasteiger partial charge in [0, 0.05) is 36.6 Å². The van der Waals surface area contributed by atoms with Gasteiger partial charge in [0.25, 0.3) is 5.91 Å². The van der Waals surface area contributed by atoms with Gasteiger partial charge in [-0.2, -0.15) is 0 Å². The van der Waals surface area contributed by atoms with Gasteiger partial charge in [-0.15, -0.1) is 0 Å². The number of fused-ring (bicyclic) bond motifs is 1. The maximum absolute atomic E-state index is 13.6. The Morgan fingerprint density at radius 2 is 1.57 bits per heavy atom. The summed E-state index contributed by atoms with van der Waals surface area (Å²) < 4.78 is 6.35. The number of hydrogen-bond acceptors (Lipinski definition) is 5. The number of benzene rings is 3. The van der Waals surface area contributed by atoms with Crippen LogP contribution in [0.3, 0.4) is 0 Å². The Labute approximate surface area is 233 Å². The topological polar surface area (TPSA) is 123 Å². The fourth-order valence-electron chi connectivity index (χ4n) is 4.43. The van der Waals surface area contributed by atoms with E-state index in [4.69, 9.17) is 4.74 Å². The molecule has 0 unspecified atom stereocenters. The Balaban J connectivity index is 1.55. The fourth-order valence-corrected chi connectivity index (χ4v) is 4.43. The fraction of sp³-hybridized carbons (Fsp3) is 0.300. The molecule has 3 aromatic rings. The van der Waals surface area contributed by atoms with Gasteiger partial charge in [-0.3, -0.25) is 4.79 Å². The molecule has 1 aliphatic rings. The van der Waals surface area contributed by atoms with Crippen molar-refractivity contribution in [3.05, 3.63) is 84.4 Å². The predicted molar refractivity (Wildman–Crippen MR) is 155 cm³/mol. The van der Waals surface area contributed by atoms with Gasteiger partial charge in [-0.1, -0.05) is 43.3 Å². The van der Waals surface area contributed by atoms with Crippen LogP contribution < -0.4 is 20.7 Å². The van der Waals surface area contributed by atoms with Crippen molar-refractivity contribution in [2.75, 3.05) is 42.7 Å². The number of urea groups is 2. The van der Waals surface area contributed by atoms with Gasteiger partial charge < -0.3 is 35.6 Å². The number of nitrogens with zero attached hydrogens (tertiary/aromatic N) is 2. The van der Waals surface area contributed by atoms with Crippen molar-refractivity contribution in [3.8, 4) is 5.75 Å². The normalized spacial score (nSPS) is 17.4. The number of para-hydroxylation sites is 2. The Morgan fingerprint density at radius 1 is 0.975 bits per heavy atom. The van der Waals surface area contributed by atoms with Gasteiger partial charge in [0.05, 0.1) is 24.8 Å². The van der Waals surface area contributed by atoms with Crippen LogP contribution in [0.1, 0.15) is 24.2 Å². The standard InChI is InChI=1S/C30H35N5O5/c1-20-17-35(21(2)19-36)28(37)25-16-24(32-29(38)31-22-10-6-4-7-11-22)14-15-26(25)40-27(20)18-34(3)30(39)33-23-12-8-5-9-13-23/h4-16,20-21,27,36H,17-19H2,1-3H3,(H,33,39)(H2,31,32,38)/t20-,21-,27+/m0/s1. The lowest BCUT2D eigenvalue weighted by Gasteiger charge is -2.38. The van der Waals surface area contributed by atoms with Crippen molar-refractivity contribution in [3.63, 3.8) is 0 Å². The van der Waals surface area contributed by atoms with Crippen LogP contribution in [-0.4, -0.2) is 71.8 Å². The molecule has 0 spiro atoms. The molecule has 0 aliphatic carbocycles. The van der Waals surface area contributed by atoms with E-state index >= 15 is 0 Å². The van der Waals surface area contributed by atoms with E-state index < -0.39 is 18.2 Å². The molecule has 3 atom stereocenters. The van der Waals surface area contributed by atoms with Crippen LogP contribution in [0.4, 0.5) is 26.7 Å². The van der Waals surface area contributed by atoms with E-state index in [0.29, 0.717) is 29.4 Å². The first-order valence-corrected chi connectivity index (χ1v) is 13.2. The van der Waals surface area contributed by atoms with Gasteiger partial charge in [-0.25, -0.2) is 9.59 Å². The van der Waals surface area contributed by atoms with Crippen molar-refractivity contribution < 1.29 is 24.2 Å². The smallest absolute Gasteiger partial charge is 0.323 e. The van der Waals surface area contributed by atoms with Gasteiger partial charge in [0.1, 0.15) is 11.9 Å². The van der Waals surface area contributed by atoms with Crippen LogP contribution in [-0.2, 0) is 0 Å². The maximum atomic E-state index is 13.6. The number of carbonyl (C=O) groups is 3. The largest absolute Gasteiger partial charge is 0.487 e. The van der Waals surface area contributed by atoms with Crippen LogP contribution in [0, 0.1) is 5.92 Å². The zero-order valence-electron chi connectivity index (χ0n) is 22.8. The second-order valence-corrected chi connectivity index (χ2v) is 9.96. The molecule has 4 rings (SSSR count). The third-order valence-corrected chi connectivity index (χ3v) is 6.78. The lowest BCUT2D eigenvalue weighted by atomic mass is 9.99. The molecule has 210 valence electrons. The highest BCUT2D eigenvalue weighted by molar-refractivity contribution is 6.02. The molecule has 0 fully saturated rings. The zero-order chi connectivity index (χ0) is 28.6. The highest BCUT2D eigenvalue weighted by atomic mass is 16.5. The molecule has 0 radical (unpaired) electrons. The first-order chi connectivity index (χ1) is 19.2. The Kier molecular flexibility index (Phi) is 9.23. The summed E-state index contributed by atoms with van der Waals surface area (Å²) in [4.78, 5) is 42.2. The van der Waals surface area contributed by atoms with Crippen LogP contribution >= 0.6 is 0 Å². The van der Waals surface area contributed by atoms with Crippen LogP contribution in [0.25, 0.3) is 0 Å². The molecule has 0 saturated heterocycles. The summed E-state index contributed by atoms with van der Waals surface area (Å²) in [5.41, 5.74) is 1.98. The SMILES string of the molecule is C[C@H]1CN([C@@H](C)CO)C(=O)c2cc(NC(=O)Nc3ccccc3)ccc2O[C@@H]1CN(C)C(=O)Nc1ccccc1. The van der Waals surface area contributed by atoms with Gasteiger partial charge in [0.2, 0.25) is 0 Å². The molecule has 10 nitrogen and oxygen atoms in total. The molecule has 4 N–H and O–H groups in total. The number of anilines is 3. The number of hydrogen-bond donors (Lipinski definition) is 4. The number of nitrogens with one attached hydrogen (secondary N) is 3. The summed E-state index contributed by atoms with van der Waals surface area (Å²) in [6.45, 7) is 4.08. The minimum atomic E-state index is -0.455. The number of carbonyl (C=O) groups excluding carboxylic acids is 3. The average molecular weight is 546 g/mol. The Bertz CT molecular complexity index is 1320. The number of aliphatic hydroxyl groups excluding tert-OH is 1. The molecule has 1 heterocycles. The Hall–Kier alpha value is -4.57. The second kappa shape index (κ2) is 13.0. The van der Waals surface area contributed by atoms with Crippen molar-refractivity contribution in [1.82, 2.24) is 9.80 Å². The van der Waals surface area contributed by atoms with E-state index in [1.165, 1.54) is 0 Å². The molecule has 10 heteroatoms. The van der Waals surface area contributed by atoms with Crippen molar-refractivity contribution in [1.29, 1.82) is 0 Å². The summed E-state index contributed by atoms with van der Waals surface area (Å²) in [6.07, 6.45) is -0.452. The monoisotopic (exact) mass is 545 g/mol. The van der Waals surface area contributed by atoms with Gasteiger partial charge >= 0.3 is 12.1 Å². The molecule has 5 amide bonds. The summed E-state index contributed by atoms with van der Waals surface area (Å²) in [5.74, 6) is -0.140. The second-order valence-electron chi connectivity index (χ2n) is 9.96. The highest BCUT2D eigenvalue weighted by Gasteiger charge is 2.34. The Morgan fingerprint density at radius 3 is 2.20 bits per heavy atom. The maximum Gasteiger partial charge on any atom is 0.323 e. The zero-order valence-corrected chi connectivity index (χ0v) is 22.8.